The first-order valence-corrected chi connectivity index (χ1v) is 8.08. The molecule has 2 saturated heterocycles. The monoisotopic (exact) mass is 356 g/mol. The van der Waals surface area contributed by atoms with E-state index in [4.69, 9.17) is 0 Å². The topological polar surface area (TPSA) is 90.5 Å². The van der Waals surface area contributed by atoms with E-state index in [1.165, 1.54) is 0 Å². The summed E-state index contributed by atoms with van der Waals surface area (Å²) in [5.74, 6) is 1.22. The predicted molar refractivity (Wildman–Crippen MR) is 90.5 cm³/mol. The average Bonchev–Trinajstić information content (AvgIpc) is 3.13. The summed E-state index contributed by atoms with van der Waals surface area (Å²) >= 11 is 1.69. The first-order chi connectivity index (χ1) is 10.6. The molecule has 0 bridgehead atoms. The molecule has 4 amide bonds. The van der Waals surface area contributed by atoms with E-state index in [0.29, 0.717) is 5.69 Å². The van der Waals surface area contributed by atoms with Gasteiger partial charge in [-0.3, -0.25) is 19.8 Å². The molecular weight excluding hydrogens is 340 g/mol. The lowest BCUT2D eigenvalue weighted by Crippen LogP contribution is -2.37. The predicted octanol–water partition coefficient (Wildman–Crippen LogP) is 0.761. The van der Waals surface area contributed by atoms with Gasteiger partial charge in [-0.05, 0) is 17.7 Å². The van der Waals surface area contributed by atoms with Crippen LogP contribution in [0.4, 0.5) is 10.5 Å². The van der Waals surface area contributed by atoms with E-state index in [1.807, 2.05) is 6.07 Å². The van der Waals surface area contributed by atoms with Crippen LogP contribution in [-0.4, -0.2) is 47.0 Å². The zero-order valence-electron chi connectivity index (χ0n) is 12.2. The van der Waals surface area contributed by atoms with Crippen LogP contribution in [0.1, 0.15) is 5.56 Å². The molecule has 0 radical (unpaired) electrons. The molecule has 1 atom stereocenters. The molecule has 3 rings (SSSR count). The summed E-state index contributed by atoms with van der Waals surface area (Å²) in [7, 11) is 0. The lowest BCUT2D eigenvalue weighted by atomic mass is 10.2. The van der Waals surface area contributed by atoms with Crippen molar-refractivity contribution in [2.75, 3.05) is 23.5 Å². The van der Waals surface area contributed by atoms with Gasteiger partial charge in [-0.1, -0.05) is 12.1 Å². The number of benzene rings is 1. The minimum atomic E-state index is -0.383. The number of carbonyl (C=O) groups excluding carboxylic acids is 3. The van der Waals surface area contributed by atoms with E-state index in [-0.39, 0.29) is 49.4 Å². The molecule has 1 aromatic carbocycles. The van der Waals surface area contributed by atoms with Crippen molar-refractivity contribution in [3.8, 4) is 0 Å². The third-order valence-electron chi connectivity index (χ3n) is 3.51. The van der Waals surface area contributed by atoms with Crippen molar-refractivity contribution in [1.82, 2.24) is 15.5 Å². The first-order valence-electron chi connectivity index (χ1n) is 6.92. The second-order valence-electron chi connectivity index (χ2n) is 5.10. The fourth-order valence-corrected chi connectivity index (χ4v) is 3.28. The summed E-state index contributed by atoms with van der Waals surface area (Å²) in [4.78, 5) is 36.3. The van der Waals surface area contributed by atoms with Gasteiger partial charge >= 0.3 is 6.03 Å². The molecule has 23 heavy (non-hydrogen) atoms. The Morgan fingerprint density at radius 2 is 2.22 bits per heavy atom. The Balaban J connectivity index is 0.00000192. The fraction of sp³-hybridized carbons (Fsp3) is 0.357. The third-order valence-corrected chi connectivity index (χ3v) is 4.44. The van der Waals surface area contributed by atoms with Crippen LogP contribution >= 0.6 is 24.2 Å². The van der Waals surface area contributed by atoms with Gasteiger partial charge in [0.2, 0.25) is 11.8 Å². The van der Waals surface area contributed by atoms with Gasteiger partial charge < -0.3 is 10.6 Å². The van der Waals surface area contributed by atoms with E-state index < -0.39 is 0 Å². The van der Waals surface area contributed by atoms with Crippen LogP contribution in [0.25, 0.3) is 0 Å². The Bertz CT molecular complexity index is 606. The molecule has 0 aromatic heterocycles. The number of urea groups is 1. The molecule has 2 fully saturated rings. The first kappa shape index (κ1) is 17.6. The molecule has 1 unspecified atom stereocenters. The van der Waals surface area contributed by atoms with Crippen LogP contribution in [0, 0.1) is 0 Å². The highest BCUT2D eigenvalue weighted by Crippen LogP contribution is 2.16. The molecule has 2 heterocycles. The van der Waals surface area contributed by atoms with Crippen LogP contribution in [0.5, 0.6) is 0 Å². The highest BCUT2D eigenvalue weighted by atomic mass is 35.5. The van der Waals surface area contributed by atoms with E-state index >= 15 is 0 Å². The van der Waals surface area contributed by atoms with Gasteiger partial charge in [0.25, 0.3) is 0 Å². The fourth-order valence-electron chi connectivity index (χ4n) is 2.34. The number of hydrogen-bond donors (Lipinski definition) is 3. The van der Waals surface area contributed by atoms with Gasteiger partial charge in [0.1, 0.15) is 0 Å². The largest absolute Gasteiger partial charge is 0.329 e. The van der Waals surface area contributed by atoms with Gasteiger partial charge in [0.15, 0.2) is 0 Å². The lowest BCUT2D eigenvalue weighted by molar-refractivity contribution is -0.125. The molecule has 2 aliphatic rings. The number of hydrogen-bond acceptors (Lipinski definition) is 5. The molecule has 0 aliphatic carbocycles. The number of thioether (sulfide) groups is 1. The Hall–Kier alpha value is -1.77. The van der Waals surface area contributed by atoms with Crippen molar-refractivity contribution < 1.29 is 14.4 Å². The number of halogens is 1. The minimum Gasteiger partial charge on any atom is -0.329 e. The molecule has 1 aromatic rings. The summed E-state index contributed by atoms with van der Waals surface area (Å²) < 4.78 is 0. The molecule has 0 spiro atoms. The van der Waals surface area contributed by atoms with E-state index in [0.717, 1.165) is 22.1 Å². The molecule has 124 valence electrons. The highest BCUT2D eigenvalue weighted by molar-refractivity contribution is 7.99. The van der Waals surface area contributed by atoms with Crippen molar-refractivity contribution in [2.45, 2.75) is 12.6 Å². The Labute approximate surface area is 144 Å². The van der Waals surface area contributed by atoms with Crippen LogP contribution in [0.3, 0.4) is 0 Å². The van der Waals surface area contributed by atoms with Gasteiger partial charge in [-0.15, -0.1) is 24.2 Å². The SMILES string of the molecule is Cl.O=C(Nc1cccc(CN2C(=O)CNC2=O)c1)C1CSCN1. The second kappa shape index (κ2) is 7.67. The number of nitrogens with zero attached hydrogens (tertiary/aromatic N) is 1. The summed E-state index contributed by atoms with van der Waals surface area (Å²) in [6.45, 7) is 0.242. The smallest absolute Gasteiger partial charge is 0.324 e. The van der Waals surface area contributed by atoms with Gasteiger partial charge in [0.05, 0.1) is 19.1 Å². The summed E-state index contributed by atoms with van der Waals surface area (Å²) in [6, 6.07) is 6.61. The minimum absolute atomic E-state index is 0. The maximum absolute atomic E-state index is 12.1. The van der Waals surface area contributed by atoms with Crippen molar-refractivity contribution in [3.05, 3.63) is 29.8 Å². The number of carbonyl (C=O) groups is 3. The van der Waals surface area contributed by atoms with Gasteiger partial charge in [-0.2, -0.15) is 0 Å². The maximum atomic E-state index is 12.1. The molecule has 0 saturated carbocycles. The van der Waals surface area contributed by atoms with E-state index in [2.05, 4.69) is 16.0 Å². The van der Waals surface area contributed by atoms with E-state index in [1.54, 1.807) is 30.0 Å². The van der Waals surface area contributed by atoms with Crippen LogP contribution in [0.15, 0.2) is 24.3 Å². The zero-order chi connectivity index (χ0) is 15.5. The number of imide groups is 1. The third kappa shape index (κ3) is 4.15. The maximum Gasteiger partial charge on any atom is 0.324 e. The Morgan fingerprint density at radius 3 is 2.87 bits per heavy atom. The Kier molecular flexibility index (Phi) is 5.86. The summed E-state index contributed by atoms with van der Waals surface area (Å²) in [5.41, 5.74) is 1.45. The standard InChI is InChI=1S/C14H16N4O3S.ClH/c19-12-5-15-14(21)18(12)6-9-2-1-3-10(4-9)17-13(20)11-7-22-8-16-11;/h1-4,11,16H,5-8H2,(H,15,21)(H,17,20);1H. The zero-order valence-corrected chi connectivity index (χ0v) is 13.8. The normalized spacial score (nSPS) is 20.2. The lowest BCUT2D eigenvalue weighted by Gasteiger charge is -2.14. The number of rotatable bonds is 4. The highest BCUT2D eigenvalue weighted by Gasteiger charge is 2.28. The molecule has 9 heteroatoms. The van der Waals surface area contributed by atoms with Crippen molar-refractivity contribution in [3.63, 3.8) is 0 Å². The molecule has 2 aliphatic heterocycles. The number of anilines is 1. The number of nitrogens with one attached hydrogen (secondary N) is 3. The Morgan fingerprint density at radius 1 is 1.39 bits per heavy atom. The van der Waals surface area contributed by atoms with Gasteiger partial charge in [-0.25, -0.2) is 4.79 Å². The summed E-state index contributed by atoms with van der Waals surface area (Å²) in [6.07, 6.45) is 0. The molecule has 7 nitrogen and oxygen atoms in total. The van der Waals surface area contributed by atoms with Crippen LogP contribution in [-0.2, 0) is 16.1 Å². The van der Waals surface area contributed by atoms with Gasteiger partial charge in [0, 0.05) is 17.3 Å². The average molecular weight is 357 g/mol. The van der Waals surface area contributed by atoms with Crippen LogP contribution < -0.4 is 16.0 Å². The summed E-state index contributed by atoms with van der Waals surface area (Å²) in [5, 5.41) is 8.44. The molecule has 3 N–H and O–H groups in total. The van der Waals surface area contributed by atoms with Crippen molar-refractivity contribution in [1.29, 1.82) is 0 Å². The second-order valence-corrected chi connectivity index (χ2v) is 6.13. The number of amides is 4. The van der Waals surface area contributed by atoms with E-state index in [9.17, 15) is 14.4 Å². The van der Waals surface area contributed by atoms with Crippen molar-refractivity contribution in [2.24, 2.45) is 0 Å². The van der Waals surface area contributed by atoms with Crippen LogP contribution in [0.2, 0.25) is 0 Å². The quantitative estimate of drug-likeness (QED) is 0.693. The van der Waals surface area contributed by atoms with Crippen molar-refractivity contribution >= 4 is 47.7 Å². The molecular formula is C14H17ClN4O3S.